The highest BCUT2D eigenvalue weighted by molar-refractivity contribution is 5.86. The number of aryl methyl sites for hydroxylation is 1. The highest BCUT2D eigenvalue weighted by atomic mass is 16.5. The van der Waals surface area contributed by atoms with Gasteiger partial charge in [0.15, 0.2) is 0 Å². The van der Waals surface area contributed by atoms with Gasteiger partial charge in [-0.1, -0.05) is 42.5 Å². The standard InChI is InChI=1S/C18H18NO2/c20-18(21-13-14-7-2-1-3-8-14)19-17-12-6-10-15-9-4-5-11-16(15)17/h1-3,5-8,10,12H,4,9,11,13H2,(H,19,20). The molecule has 1 N–H and O–H groups in total. The minimum Gasteiger partial charge on any atom is -0.444 e. The summed E-state index contributed by atoms with van der Waals surface area (Å²) in [6.45, 7) is 0.286. The number of carbonyl (C=O) groups excluding carboxylic acids is 1. The monoisotopic (exact) mass is 280 g/mol. The molecule has 0 bridgehead atoms. The van der Waals surface area contributed by atoms with E-state index < -0.39 is 6.09 Å². The van der Waals surface area contributed by atoms with Gasteiger partial charge in [-0.15, -0.1) is 0 Å². The Labute approximate surface area is 124 Å². The van der Waals surface area contributed by atoms with Crippen LogP contribution in [0.15, 0.2) is 48.5 Å². The summed E-state index contributed by atoms with van der Waals surface area (Å²) in [5.74, 6) is 0. The number of anilines is 1. The number of ether oxygens (including phenoxy) is 1. The molecule has 2 aromatic rings. The molecule has 0 aromatic heterocycles. The predicted octanol–water partition coefficient (Wildman–Crippen LogP) is 4.13. The topological polar surface area (TPSA) is 38.3 Å². The number of fused-ring (bicyclic) bond motifs is 1. The Balaban J connectivity index is 1.63. The zero-order valence-electron chi connectivity index (χ0n) is 11.8. The molecule has 0 atom stereocenters. The van der Waals surface area contributed by atoms with Crippen molar-refractivity contribution >= 4 is 11.8 Å². The Morgan fingerprint density at radius 2 is 1.95 bits per heavy atom. The lowest BCUT2D eigenvalue weighted by Gasteiger charge is -2.19. The number of rotatable bonds is 3. The maximum absolute atomic E-state index is 11.9. The van der Waals surface area contributed by atoms with Gasteiger partial charge in [0.1, 0.15) is 6.61 Å². The molecule has 0 heterocycles. The maximum atomic E-state index is 11.9. The Bertz CT molecular complexity index is 622. The van der Waals surface area contributed by atoms with Gasteiger partial charge in [-0.2, -0.15) is 0 Å². The number of carbonyl (C=O) groups is 1. The minimum atomic E-state index is -0.405. The molecule has 0 fully saturated rings. The Kier molecular flexibility index (Phi) is 4.20. The summed E-state index contributed by atoms with van der Waals surface area (Å²) in [6.07, 6.45) is 4.91. The van der Waals surface area contributed by atoms with Crippen molar-refractivity contribution in [3.8, 4) is 0 Å². The van der Waals surface area contributed by atoms with Gasteiger partial charge in [-0.25, -0.2) is 4.79 Å². The van der Waals surface area contributed by atoms with Gasteiger partial charge < -0.3 is 4.74 Å². The van der Waals surface area contributed by atoms with Crippen LogP contribution >= 0.6 is 0 Å². The van der Waals surface area contributed by atoms with Gasteiger partial charge in [0.2, 0.25) is 0 Å². The average Bonchev–Trinajstić information content (AvgIpc) is 2.54. The highest BCUT2D eigenvalue weighted by Crippen LogP contribution is 2.27. The lowest BCUT2D eigenvalue weighted by atomic mass is 9.90. The van der Waals surface area contributed by atoms with Crippen molar-refractivity contribution in [2.24, 2.45) is 0 Å². The summed E-state index contributed by atoms with van der Waals surface area (Å²) >= 11 is 0. The summed E-state index contributed by atoms with van der Waals surface area (Å²) in [7, 11) is 0. The second-order valence-corrected chi connectivity index (χ2v) is 5.16. The van der Waals surface area contributed by atoms with E-state index in [-0.39, 0.29) is 6.61 Å². The summed E-state index contributed by atoms with van der Waals surface area (Å²) in [5.41, 5.74) is 4.37. The van der Waals surface area contributed by atoms with E-state index in [1.807, 2.05) is 42.5 Å². The minimum absolute atomic E-state index is 0.286. The van der Waals surface area contributed by atoms with Crippen LogP contribution in [0.1, 0.15) is 23.1 Å². The molecule has 0 saturated heterocycles. The van der Waals surface area contributed by atoms with Crippen LogP contribution in [0.25, 0.3) is 0 Å². The van der Waals surface area contributed by atoms with Crippen LogP contribution in [0, 0.1) is 6.42 Å². The third kappa shape index (κ3) is 3.43. The van der Waals surface area contributed by atoms with Gasteiger partial charge in [-0.3, -0.25) is 5.32 Å². The van der Waals surface area contributed by atoms with Gasteiger partial charge in [0, 0.05) is 5.69 Å². The molecular formula is C18H18NO2. The summed E-state index contributed by atoms with van der Waals surface area (Å²) in [4.78, 5) is 11.9. The third-order valence-corrected chi connectivity index (χ3v) is 3.69. The second kappa shape index (κ2) is 6.44. The number of amides is 1. The zero-order valence-corrected chi connectivity index (χ0v) is 11.8. The fourth-order valence-corrected chi connectivity index (χ4v) is 2.60. The normalized spacial score (nSPS) is 13.3. The molecule has 1 radical (unpaired) electrons. The van der Waals surface area contributed by atoms with Gasteiger partial charge in [-0.05, 0) is 48.4 Å². The van der Waals surface area contributed by atoms with E-state index in [4.69, 9.17) is 4.74 Å². The van der Waals surface area contributed by atoms with Crippen LogP contribution in [0.5, 0.6) is 0 Å². The van der Waals surface area contributed by atoms with Crippen LogP contribution in [0.4, 0.5) is 10.5 Å². The lowest BCUT2D eigenvalue weighted by molar-refractivity contribution is 0.155. The maximum Gasteiger partial charge on any atom is 0.411 e. The molecule has 107 valence electrons. The molecule has 21 heavy (non-hydrogen) atoms. The molecule has 3 nitrogen and oxygen atoms in total. The van der Waals surface area contributed by atoms with E-state index >= 15 is 0 Å². The number of nitrogens with one attached hydrogen (secondary N) is 1. The van der Waals surface area contributed by atoms with E-state index in [9.17, 15) is 4.79 Å². The summed E-state index contributed by atoms with van der Waals surface area (Å²) in [6, 6.07) is 15.7. The van der Waals surface area contributed by atoms with E-state index in [2.05, 4.69) is 17.8 Å². The van der Waals surface area contributed by atoms with Crippen molar-refractivity contribution in [2.75, 3.05) is 5.32 Å². The quantitative estimate of drug-likeness (QED) is 0.918. The predicted molar refractivity (Wildman–Crippen MR) is 83.0 cm³/mol. The Morgan fingerprint density at radius 3 is 2.81 bits per heavy atom. The van der Waals surface area contributed by atoms with Crippen LogP contribution in [0.2, 0.25) is 0 Å². The van der Waals surface area contributed by atoms with E-state index in [1.165, 1.54) is 11.1 Å². The molecule has 2 aromatic carbocycles. The van der Waals surface area contributed by atoms with Crippen molar-refractivity contribution in [3.05, 3.63) is 71.6 Å². The van der Waals surface area contributed by atoms with Gasteiger partial charge >= 0.3 is 6.09 Å². The first kappa shape index (κ1) is 13.7. The van der Waals surface area contributed by atoms with Crippen LogP contribution in [0.3, 0.4) is 0 Å². The van der Waals surface area contributed by atoms with Crippen molar-refractivity contribution in [1.29, 1.82) is 0 Å². The molecule has 1 amide bonds. The largest absolute Gasteiger partial charge is 0.444 e. The fraction of sp³-hybridized carbons (Fsp3) is 0.222. The van der Waals surface area contributed by atoms with Gasteiger partial charge in [0.25, 0.3) is 0 Å². The highest BCUT2D eigenvalue weighted by Gasteiger charge is 2.14. The van der Waals surface area contributed by atoms with Crippen molar-refractivity contribution < 1.29 is 9.53 Å². The molecule has 0 aliphatic heterocycles. The molecular weight excluding hydrogens is 262 g/mol. The molecule has 1 aliphatic carbocycles. The smallest absolute Gasteiger partial charge is 0.411 e. The average molecular weight is 280 g/mol. The molecule has 3 rings (SSSR count). The molecule has 0 unspecified atom stereocenters. The Morgan fingerprint density at radius 1 is 1.10 bits per heavy atom. The molecule has 3 heteroatoms. The van der Waals surface area contributed by atoms with E-state index in [0.717, 1.165) is 30.5 Å². The molecule has 0 spiro atoms. The first-order valence-corrected chi connectivity index (χ1v) is 7.23. The zero-order chi connectivity index (χ0) is 14.5. The molecule has 1 aliphatic rings. The number of hydrogen-bond acceptors (Lipinski definition) is 2. The van der Waals surface area contributed by atoms with Crippen LogP contribution in [-0.2, 0) is 24.2 Å². The van der Waals surface area contributed by atoms with Crippen LogP contribution in [-0.4, -0.2) is 6.09 Å². The van der Waals surface area contributed by atoms with E-state index in [0.29, 0.717) is 0 Å². The second-order valence-electron chi connectivity index (χ2n) is 5.16. The van der Waals surface area contributed by atoms with E-state index in [1.54, 1.807) is 0 Å². The fourth-order valence-electron chi connectivity index (χ4n) is 2.60. The SMILES string of the molecule is O=C(Nc1cccc2c1C[CH]CC2)OCc1ccccc1. The third-order valence-electron chi connectivity index (χ3n) is 3.69. The van der Waals surface area contributed by atoms with Crippen LogP contribution < -0.4 is 5.32 Å². The number of hydrogen-bond donors (Lipinski definition) is 1. The van der Waals surface area contributed by atoms with Crippen molar-refractivity contribution in [1.82, 2.24) is 0 Å². The molecule has 0 saturated carbocycles. The van der Waals surface area contributed by atoms with Crippen molar-refractivity contribution in [3.63, 3.8) is 0 Å². The van der Waals surface area contributed by atoms with Crippen molar-refractivity contribution in [2.45, 2.75) is 25.9 Å². The Hall–Kier alpha value is -2.29. The first-order valence-electron chi connectivity index (χ1n) is 7.23. The summed E-state index contributed by atoms with van der Waals surface area (Å²) in [5, 5.41) is 2.86. The summed E-state index contributed by atoms with van der Waals surface area (Å²) < 4.78 is 5.26. The van der Waals surface area contributed by atoms with Gasteiger partial charge in [0.05, 0.1) is 0 Å². The first-order chi connectivity index (χ1) is 10.3. The number of benzene rings is 2. The lowest BCUT2D eigenvalue weighted by Crippen LogP contribution is -2.16.